The van der Waals surface area contributed by atoms with Gasteiger partial charge in [-0.05, 0) is 55.8 Å². The zero-order chi connectivity index (χ0) is 16.3. The van der Waals surface area contributed by atoms with Crippen LogP contribution in [0.25, 0.3) is 0 Å². The van der Waals surface area contributed by atoms with E-state index in [1.807, 2.05) is 0 Å². The van der Waals surface area contributed by atoms with Crippen molar-refractivity contribution in [1.29, 1.82) is 0 Å². The molecule has 4 aliphatic rings. The third-order valence-electron chi connectivity index (χ3n) is 5.75. The van der Waals surface area contributed by atoms with Crippen molar-refractivity contribution in [2.24, 2.45) is 23.7 Å². The van der Waals surface area contributed by atoms with Crippen LogP contribution in [-0.2, 0) is 10.8 Å². The molecule has 0 spiro atoms. The zero-order valence-corrected chi connectivity index (χ0v) is 18.2. The Hall–Kier alpha value is 0.324. The molecule has 0 aromatic heterocycles. The van der Waals surface area contributed by atoms with E-state index in [1.54, 1.807) is 5.57 Å². The van der Waals surface area contributed by atoms with Crippen molar-refractivity contribution < 1.29 is 4.21 Å². The monoisotopic (exact) mass is 354 g/mol. The molecule has 22 heavy (non-hydrogen) atoms. The summed E-state index contributed by atoms with van der Waals surface area (Å²) < 4.78 is 14.9. The van der Waals surface area contributed by atoms with Gasteiger partial charge in [-0.3, -0.25) is 4.21 Å². The fraction of sp³-hybridized carbons (Fsp3) is 0.889. The summed E-state index contributed by atoms with van der Waals surface area (Å²) in [6.07, 6.45) is 7.17. The Bertz CT molecular complexity index is 480. The molecule has 0 N–H and O–H groups in total. The SMILES string of the molecule is C[Si](C)(C)CS(=O)C(=C1C2CC3CC(C2)CC1C3)[Si](C)(C)C. The van der Waals surface area contributed by atoms with Crippen molar-refractivity contribution in [3.8, 4) is 0 Å². The molecular weight excluding hydrogens is 320 g/mol. The summed E-state index contributed by atoms with van der Waals surface area (Å²) in [5.41, 5.74) is 1.74. The van der Waals surface area contributed by atoms with Crippen molar-refractivity contribution in [2.75, 3.05) is 5.38 Å². The van der Waals surface area contributed by atoms with E-state index in [4.69, 9.17) is 0 Å². The van der Waals surface area contributed by atoms with Crippen LogP contribution in [0.1, 0.15) is 32.1 Å². The minimum atomic E-state index is -1.51. The van der Waals surface area contributed by atoms with Crippen molar-refractivity contribution in [2.45, 2.75) is 71.4 Å². The first-order valence-electron chi connectivity index (χ1n) is 9.17. The van der Waals surface area contributed by atoms with E-state index in [-0.39, 0.29) is 0 Å². The van der Waals surface area contributed by atoms with Gasteiger partial charge in [0.15, 0.2) is 0 Å². The van der Waals surface area contributed by atoms with Crippen LogP contribution in [0.15, 0.2) is 10.1 Å². The van der Waals surface area contributed by atoms with Gasteiger partial charge in [0.1, 0.15) is 0 Å². The second kappa shape index (κ2) is 5.70. The first-order valence-corrected chi connectivity index (χ1v) is 17.7. The highest BCUT2D eigenvalue weighted by atomic mass is 32.2. The Morgan fingerprint density at radius 3 is 1.73 bits per heavy atom. The number of hydrogen-bond donors (Lipinski definition) is 0. The second-order valence-electron chi connectivity index (χ2n) is 10.4. The van der Waals surface area contributed by atoms with Gasteiger partial charge >= 0.3 is 0 Å². The Balaban J connectivity index is 2.00. The van der Waals surface area contributed by atoms with E-state index >= 15 is 0 Å². The van der Waals surface area contributed by atoms with E-state index in [9.17, 15) is 4.21 Å². The van der Waals surface area contributed by atoms with Gasteiger partial charge in [-0.15, -0.1) is 0 Å². The predicted octanol–water partition coefficient (Wildman–Crippen LogP) is 5.20. The van der Waals surface area contributed by atoms with Gasteiger partial charge in [0.2, 0.25) is 0 Å². The van der Waals surface area contributed by atoms with E-state index in [1.165, 1.54) is 36.6 Å². The average Bonchev–Trinajstić information content (AvgIpc) is 2.28. The van der Waals surface area contributed by atoms with Crippen LogP contribution < -0.4 is 0 Å². The van der Waals surface area contributed by atoms with Crippen LogP contribution >= 0.6 is 0 Å². The van der Waals surface area contributed by atoms with Gasteiger partial charge < -0.3 is 0 Å². The first-order chi connectivity index (χ1) is 10.0. The van der Waals surface area contributed by atoms with Gasteiger partial charge in [-0.2, -0.15) is 0 Å². The molecule has 0 aromatic rings. The third-order valence-corrected chi connectivity index (χ3v) is 15.1. The molecule has 0 saturated heterocycles. The summed E-state index contributed by atoms with van der Waals surface area (Å²) in [6, 6.07) is 0. The Kier molecular flexibility index (Phi) is 4.44. The lowest BCUT2D eigenvalue weighted by molar-refractivity contribution is 0.0695. The van der Waals surface area contributed by atoms with Crippen LogP contribution in [0.5, 0.6) is 0 Å². The van der Waals surface area contributed by atoms with Crippen LogP contribution in [-0.4, -0.2) is 25.7 Å². The number of hydrogen-bond acceptors (Lipinski definition) is 1. The highest BCUT2D eigenvalue weighted by Gasteiger charge is 2.48. The van der Waals surface area contributed by atoms with Crippen LogP contribution in [0.2, 0.25) is 39.3 Å². The van der Waals surface area contributed by atoms with Crippen LogP contribution in [0.3, 0.4) is 0 Å². The Morgan fingerprint density at radius 2 is 1.36 bits per heavy atom. The predicted molar refractivity (Wildman–Crippen MR) is 104 cm³/mol. The molecule has 0 amide bonds. The second-order valence-corrected chi connectivity index (χ2v) is 23.1. The molecule has 4 fully saturated rings. The summed E-state index contributed by atoms with van der Waals surface area (Å²) in [5, 5.41) is 0.975. The molecule has 4 aliphatic carbocycles. The average molecular weight is 355 g/mol. The molecule has 0 heterocycles. The van der Waals surface area contributed by atoms with Crippen molar-refractivity contribution in [1.82, 2.24) is 0 Å². The smallest absolute Gasteiger partial charge is 0.0890 e. The molecule has 1 atom stereocenters. The van der Waals surface area contributed by atoms with E-state index in [2.05, 4.69) is 39.3 Å². The summed E-state index contributed by atoms with van der Waals surface area (Å²) in [5.74, 6) is 3.62. The van der Waals surface area contributed by atoms with Gasteiger partial charge in [0.25, 0.3) is 0 Å². The van der Waals surface area contributed by atoms with Gasteiger partial charge in [0, 0.05) is 20.7 Å². The van der Waals surface area contributed by atoms with Crippen molar-refractivity contribution in [3.05, 3.63) is 10.1 Å². The molecule has 0 radical (unpaired) electrons. The van der Waals surface area contributed by atoms with E-state index in [0.717, 1.165) is 29.0 Å². The quantitative estimate of drug-likeness (QED) is 0.634. The number of rotatable bonds is 4. The van der Waals surface area contributed by atoms with Crippen molar-refractivity contribution in [3.63, 3.8) is 0 Å². The molecular formula is C18H34OSSi2. The number of allylic oxidation sites excluding steroid dienone is 1. The highest BCUT2D eigenvalue weighted by molar-refractivity contribution is 7.93. The van der Waals surface area contributed by atoms with Crippen LogP contribution in [0, 0.1) is 23.7 Å². The summed E-state index contributed by atoms with van der Waals surface area (Å²) in [4.78, 5) is 0. The molecule has 0 aromatic carbocycles. The van der Waals surface area contributed by atoms with Gasteiger partial charge in [-0.1, -0.05) is 44.9 Å². The molecule has 0 aliphatic heterocycles. The van der Waals surface area contributed by atoms with Crippen LogP contribution in [0.4, 0.5) is 0 Å². The Labute approximate surface area is 141 Å². The summed E-state index contributed by atoms with van der Waals surface area (Å²) in [6.45, 7) is 14.4. The molecule has 1 nitrogen and oxygen atoms in total. The maximum atomic E-state index is 13.4. The third kappa shape index (κ3) is 3.39. The summed E-state index contributed by atoms with van der Waals surface area (Å²) in [7, 11) is -3.48. The molecule has 1 unspecified atom stereocenters. The van der Waals surface area contributed by atoms with Crippen molar-refractivity contribution >= 4 is 26.9 Å². The van der Waals surface area contributed by atoms with E-state index in [0.29, 0.717) is 0 Å². The molecule has 126 valence electrons. The minimum Gasteiger partial charge on any atom is -0.255 e. The molecule has 4 rings (SSSR count). The molecule has 4 saturated carbocycles. The minimum absolute atomic E-state index is 0.697. The topological polar surface area (TPSA) is 17.1 Å². The molecule has 4 bridgehead atoms. The first kappa shape index (κ1) is 17.2. The standard InChI is InChI=1S/C18H34OSSi2/c1-21(2,3)12-20(19)18(22(4,5)6)17-15-8-13-7-14(10-15)11-16(17)9-13/h13-16H,7-12H2,1-6H3. The Morgan fingerprint density at radius 1 is 0.909 bits per heavy atom. The molecule has 4 heteroatoms. The maximum Gasteiger partial charge on any atom is 0.0890 e. The zero-order valence-electron chi connectivity index (χ0n) is 15.4. The summed E-state index contributed by atoms with van der Waals surface area (Å²) >= 11 is 0. The normalized spacial score (nSPS) is 35.8. The van der Waals surface area contributed by atoms with E-state index < -0.39 is 26.9 Å². The fourth-order valence-electron chi connectivity index (χ4n) is 5.43. The largest absolute Gasteiger partial charge is 0.255 e. The fourth-order valence-corrected chi connectivity index (χ4v) is 14.4. The lowest BCUT2D eigenvalue weighted by Crippen LogP contribution is -2.44. The lowest BCUT2D eigenvalue weighted by atomic mass is 9.54. The van der Waals surface area contributed by atoms with Gasteiger partial charge in [-0.25, -0.2) is 0 Å². The van der Waals surface area contributed by atoms with Gasteiger partial charge in [0.05, 0.1) is 16.1 Å². The highest BCUT2D eigenvalue weighted by Crippen LogP contribution is 2.57. The lowest BCUT2D eigenvalue weighted by Gasteiger charge is -2.53. The maximum absolute atomic E-state index is 13.4.